The van der Waals surface area contributed by atoms with E-state index < -0.39 is 41.2 Å². The largest absolute Gasteiger partial charge is 0.358 e. The topological polar surface area (TPSA) is 59.7 Å². The molecule has 6 nitrogen and oxygen atoms in total. The summed E-state index contributed by atoms with van der Waals surface area (Å²) in [6.07, 6.45) is 3.58. The molecule has 3 rings (SSSR count). The number of nitrogens with one attached hydrogen (secondary N) is 2. The van der Waals surface area contributed by atoms with Crippen LogP contribution in [0.25, 0.3) is 0 Å². The summed E-state index contributed by atoms with van der Waals surface area (Å²) in [6.45, 7) is 5.69. The van der Waals surface area contributed by atoms with Gasteiger partial charge in [-0.25, -0.2) is 22.0 Å². The van der Waals surface area contributed by atoms with Gasteiger partial charge in [0.2, 0.25) is 5.82 Å². The van der Waals surface area contributed by atoms with Crippen molar-refractivity contribution in [2.24, 2.45) is 0 Å². The molecule has 0 spiro atoms. The van der Waals surface area contributed by atoms with Crippen molar-refractivity contribution in [1.82, 2.24) is 24.9 Å². The van der Waals surface area contributed by atoms with Crippen molar-refractivity contribution in [3.05, 3.63) is 64.0 Å². The third-order valence-corrected chi connectivity index (χ3v) is 4.94. The van der Waals surface area contributed by atoms with Crippen LogP contribution in [0.4, 0.5) is 27.6 Å². The van der Waals surface area contributed by atoms with Gasteiger partial charge in [-0.15, -0.1) is 0 Å². The molecule has 0 saturated carbocycles. The molecule has 0 aliphatic carbocycles. The fraction of sp³-hybridized carbons (Fsp3) is 0.316. The van der Waals surface area contributed by atoms with Crippen molar-refractivity contribution in [1.29, 1.82) is 0 Å². The Morgan fingerprint density at radius 1 is 1.03 bits per heavy atom. The Hall–Kier alpha value is -3.02. The highest BCUT2D eigenvalue weighted by atomic mass is 32.1. The molecular formula is C19H19F5N6S. The fourth-order valence-corrected chi connectivity index (χ4v) is 3.16. The molecule has 166 valence electrons. The van der Waals surface area contributed by atoms with Gasteiger partial charge in [-0.1, -0.05) is 0 Å². The first-order valence-corrected chi connectivity index (χ1v) is 9.65. The number of rotatable bonds is 6. The molecule has 0 bridgehead atoms. The first-order chi connectivity index (χ1) is 14.6. The standard InChI is InChI=1S/C19H19F5N6S/c1-4-29-7-11(6-26-29)5-25-19(31)27-18-9(2)28-30(10(18)3)8-12-13(20)15(22)17(24)16(23)14(12)21/h6-7H,4-5,8H2,1-3H3,(H2,25,27,31). The van der Waals surface area contributed by atoms with Crippen molar-refractivity contribution >= 4 is 23.0 Å². The summed E-state index contributed by atoms with van der Waals surface area (Å²) < 4.78 is 71.1. The second-order valence-electron chi connectivity index (χ2n) is 6.76. The number of thiocarbonyl (C=S) groups is 1. The summed E-state index contributed by atoms with van der Waals surface area (Å²) in [5.41, 5.74) is 1.25. The molecule has 2 aromatic heterocycles. The second-order valence-corrected chi connectivity index (χ2v) is 7.17. The summed E-state index contributed by atoms with van der Waals surface area (Å²) >= 11 is 5.27. The zero-order chi connectivity index (χ0) is 22.9. The van der Waals surface area contributed by atoms with Crippen LogP contribution in [0, 0.1) is 42.9 Å². The van der Waals surface area contributed by atoms with Gasteiger partial charge >= 0.3 is 0 Å². The SMILES string of the molecule is CCn1cc(CNC(=S)Nc2c(C)nn(Cc3c(F)c(F)c(F)c(F)c3F)c2C)cn1. The Morgan fingerprint density at radius 3 is 2.23 bits per heavy atom. The van der Waals surface area contributed by atoms with Gasteiger partial charge < -0.3 is 10.6 Å². The smallest absolute Gasteiger partial charge is 0.200 e. The van der Waals surface area contributed by atoms with Gasteiger partial charge in [-0.2, -0.15) is 10.2 Å². The van der Waals surface area contributed by atoms with Crippen molar-refractivity contribution in [3.63, 3.8) is 0 Å². The zero-order valence-electron chi connectivity index (χ0n) is 16.9. The summed E-state index contributed by atoms with van der Waals surface area (Å²) in [5.74, 6) is -9.96. The molecule has 2 N–H and O–H groups in total. The molecule has 1 aromatic carbocycles. The van der Waals surface area contributed by atoms with Crippen LogP contribution in [0.2, 0.25) is 0 Å². The average Bonchev–Trinajstić information content (AvgIpc) is 3.32. The van der Waals surface area contributed by atoms with E-state index in [9.17, 15) is 22.0 Å². The lowest BCUT2D eigenvalue weighted by molar-refractivity contribution is 0.366. The van der Waals surface area contributed by atoms with Crippen molar-refractivity contribution in [3.8, 4) is 0 Å². The summed E-state index contributed by atoms with van der Waals surface area (Å²) in [7, 11) is 0. The van der Waals surface area contributed by atoms with E-state index in [1.165, 1.54) is 0 Å². The summed E-state index contributed by atoms with van der Waals surface area (Å²) in [4.78, 5) is 0. The van der Waals surface area contributed by atoms with Crippen LogP contribution >= 0.6 is 12.2 Å². The third kappa shape index (κ3) is 4.53. The minimum Gasteiger partial charge on any atom is -0.358 e. The van der Waals surface area contributed by atoms with Crippen molar-refractivity contribution in [2.45, 2.75) is 40.4 Å². The van der Waals surface area contributed by atoms with Gasteiger partial charge in [-0.3, -0.25) is 9.36 Å². The Labute approximate surface area is 180 Å². The van der Waals surface area contributed by atoms with Crippen LogP contribution in [-0.4, -0.2) is 24.7 Å². The van der Waals surface area contributed by atoms with E-state index in [4.69, 9.17) is 12.2 Å². The van der Waals surface area contributed by atoms with E-state index in [0.29, 0.717) is 23.6 Å². The van der Waals surface area contributed by atoms with E-state index in [1.807, 2.05) is 13.1 Å². The molecular weight excluding hydrogens is 439 g/mol. The van der Waals surface area contributed by atoms with Gasteiger partial charge in [0.15, 0.2) is 28.4 Å². The Balaban J connectivity index is 1.76. The monoisotopic (exact) mass is 458 g/mol. The molecule has 2 heterocycles. The minimum atomic E-state index is -2.20. The average molecular weight is 458 g/mol. The number of anilines is 1. The highest BCUT2D eigenvalue weighted by molar-refractivity contribution is 7.80. The predicted molar refractivity (Wildman–Crippen MR) is 108 cm³/mol. The van der Waals surface area contributed by atoms with E-state index in [-0.39, 0.29) is 5.11 Å². The van der Waals surface area contributed by atoms with Crippen LogP contribution in [0.15, 0.2) is 12.4 Å². The molecule has 0 atom stereocenters. The van der Waals surface area contributed by atoms with E-state index in [2.05, 4.69) is 20.8 Å². The zero-order valence-corrected chi connectivity index (χ0v) is 17.7. The Morgan fingerprint density at radius 2 is 1.65 bits per heavy atom. The van der Waals surface area contributed by atoms with E-state index in [1.54, 1.807) is 24.7 Å². The maximum absolute atomic E-state index is 14.0. The summed E-state index contributed by atoms with van der Waals surface area (Å²) in [6, 6.07) is 0. The molecule has 0 radical (unpaired) electrons. The maximum atomic E-state index is 14.0. The van der Waals surface area contributed by atoms with Crippen LogP contribution < -0.4 is 10.6 Å². The van der Waals surface area contributed by atoms with Crippen molar-refractivity contribution in [2.75, 3.05) is 5.32 Å². The number of benzene rings is 1. The maximum Gasteiger partial charge on any atom is 0.200 e. The van der Waals surface area contributed by atoms with Gasteiger partial charge in [-0.05, 0) is 33.0 Å². The van der Waals surface area contributed by atoms with Crippen LogP contribution in [0.3, 0.4) is 0 Å². The predicted octanol–water partition coefficient (Wildman–Crippen LogP) is 3.95. The first kappa shape index (κ1) is 22.7. The lowest BCUT2D eigenvalue weighted by atomic mass is 10.1. The number of hydrogen-bond acceptors (Lipinski definition) is 3. The second kappa shape index (κ2) is 9.00. The lowest BCUT2D eigenvalue weighted by Gasteiger charge is -2.12. The minimum absolute atomic E-state index is 0.270. The molecule has 12 heteroatoms. The number of aromatic nitrogens is 4. The number of aryl methyl sites for hydroxylation is 2. The molecule has 0 aliphatic heterocycles. The number of halogens is 5. The Kier molecular flexibility index (Phi) is 6.58. The normalized spacial score (nSPS) is 11.1. The molecule has 31 heavy (non-hydrogen) atoms. The first-order valence-electron chi connectivity index (χ1n) is 9.24. The van der Waals surface area contributed by atoms with Gasteiger partial charge in [0.25, 0.3) is 0 Å². The van der Waals surface area contributed by atoms with Crippen LogP contribution in [0.1, 0.15) is 29.4 Å². The van der Waals surface area contributed by atoms with E-state index in [0.717, 1.165) is 16.8 Å². The lowest BCUT2D eigenvalue weighted by Crippen LogP contribution is -2.28. The quantitative estimate of drug-likeness (QED) is 0.254. The van der Waals surface area contributed by atoms with Gasteiger partial charge in [0.05, 0.1) is 35.4 Å². The molecule has 0 saturated heterocycles. The molecule has 0 unspecified atom stereocenters. The highest BCUT2D eigenvalue weighted by Crippen LogP contribution is 2.26. The Bertz CT molecular complexity index is 1110. The molecule has 0 fully saturated rings. The highest BCUT2D eigenvalue weighted by Gasteiger charge is 2.26. The molecule has 0 amide bonds. The van der Waals surface area contributed by atoms with E-state index >= 15 is 0 Å². The molecule has 3 aromatic rings. The van der Waals surface area contributed by atoms with Crippen LogP contribution in [-0.2, 0) is 19.6 Å². The third-order valence-electron chi connectivity index (χ3n) is 4.69. The fourth-order valence-electron chi connectivity index (χ4n) is 2.98. The van der Waals surface area contributed by atoms with Crippen LogP contribution in [0.5, 0.6) is 0 Å². The molecule has 0 aliphatic rings. The van der Waals surface area contributed by atoms with Crippen molar-refractivity contribution < 1.29 is 22.0 Å². The number of hydrogen-bond donors (Lipinski definition) is 2. The summed E-state index contributed by atoms with van der Waals surface area (Å²) in [5, 5.41) is 14.5. The number of nitrogens with zero attached hydrogens (tertiary/aromatic N) is 4. The van der Waals surface area contributed by atoms with Gasteiger partial charge in [0, 0.05) is 24.8 Å². The van der Waals surface area contributed by atoms with Gasteiger partial charge in [0.1, 0.15) is 0 Å².